The van der Waals surface area contributed by atoms with E-state index in [1.54, 1.807) is 17.9 Å². The second kappa shape index (κ2) is 5.55. The van der Waals surface area contributed by atoms with E-state index in [4.69, 9.17) is 9.52 Å². The van der Waals surface area contributed by atoms with Crippen LogP contribution >= 0.6 is 0 Å². The number of aliphatic hydroxyl groups is 1. The lowest BCUT2D eigenvalue weighted by atomic mass is 10.3. The van der Waals surface area contributed by atoms with Crippen LogP contribution in [0.25, 0.3) is 0 Å². The monoisotopic (exact) mass is 285 g/mol. The number of furan rings is 1. The molecule has 0 radical (unpaired) electrons. The van der Waals surface area contributed by atoms with Crippen LogP contribution in [0.15, 0.2) is 33.9 Å². The van der Waals surface area contributed by atoms with Crippen molar-refractivity contribution in [2.75, 3.05) is 6.54 Å². The summed E-state index contributed by atoms with van der Waals surface area (Å²) in [7, 11) is -1.88. The minimum atomic E-state index is -3.67. The van der Waals surface area contributed by atoms with E-state index in [0.717, 1.165) is 5.69 Å². The summed E-state index contributed by atoms with van der Waals surface area (Å²) in [5, 5.41) is 12.6. The Morgan fingerprint density at radius 2 is 2.21 bits per heavy atom. The van der Waals surface area contributed by atoms with Crippen molar-refractivity contribution >= 4 is 10.0 Å². The molecule has 0 saturated heterocycles. The Bertz CT molecular complexity index is 644. The van der Waals surface area contributed by atoms with Gasteiger partial charge in [0.15, 0.2) is 0 Å². The van der Waals surface area contributed by atoms with Gasteiger partial charge in [-0.15, -0.1) is 0 Å². The number of sulfonamides is 1. The van der Waals surface area contributed by atoms with Crippen molar-refractivity contribution in [2.45, 2.75) is 18.1 Å². The van der Waals surface area contributed by atoms with E-state index >= 15 is 0 Å². The molecule has 0 aliphatic rings. The molecular weight excluding hydrogens is 270 g/mol. The standard InChI is InChI=1S/C11H15N3O4S/c1-14-9(4-6-12-14)5-7-13-19(16,17)11-3-2-10(8-15)18-11/h2-4,6,13,15H,5,7-8H2,1H3. The highest BCUT2D eigenvalue weighted by Gasteiger charge is 2.18. The number of hydrogen-bond donors (Lipinski definition) is 2. The maximum Gasteiger partial charge on any atom is 0.273 e. The van der Waals surface area contributed by atoms with Gasteiger partial charge in [0.2, 0.25) is 5.09 Å². The molecule has 0 aliphatic heterocycles. The highest BCUT2D eigenvalue weighted by Crippen LogP contribution is 2.13. The molecular formula is C11H15N3O4S. The van der Waals surface area contributed by atoms with Crippen molar-refractivity contribution in [3.8, 4) is 0 Å². The largest absolute Gasteiger partial charge is 0.446 e. The van der Waals surface area contributed by atoms with Crippen LogP contribution in [-0.2, 0) is 30.1 Å². The fourth-order valence-electron chi connectivity index (χ4n) is 1.62. The summed E-state index contributed by atoms with van der Waals surface area (Å²) >= 11 is 0. The lowest BCUT2D eigenvalue weighted by molar-refractivity contribution is 0.236. The molecule has 0 unspecified atom stereocenters. The third-order valence-electron chi connectivity index (χ3n) is 2.65. The highest BCUT2D eigenvalue weighted by molar-refractivity contribution is 7.89. The van der Waals surface area contributed by atoms with E-state index in [1.807, 2.05) is 6.07 Å². The van der Waals surface area contributed by atoms with Crippen molar-refractivity contribution < 1.29 is 17.9 Å². The van der Waals surface area contributed by atoms with Crippen molar-refractivity contribution in [3.63, 3.8) is 0 Å². The molecule has 2 aromatic heterocycles. The number of nitrogens with zero attached hydrogens (tertiary/aromatic N) is 2. The van der Waals surface area contributed by atoms with Crippen LogP contribution in [0, 0.1) is 0 Å². The molecule has 0 spiro atoms. The summed E-state index contributed by atoms with van der Waals surface area (Å²) in [5.41, 5.74) is 0.929. The predicted molar refractivity (Wildman–Crippen MR) is 66.7 cm³/mol. The van der Waals surface area contributed by atoms with Crippen LogP contribution in [-0.4, -0.2) is 29.8 Å². The number of rotatable bonds is 6. The number of aryl methyl sites for hydroxylation is 1. The second-order valence-electron chi connectivity index (χ2n) is 3.97. The molecule has 0 amide bonds. The minimum absolute atomic E-state index is 0.193. The molecule has 0 fully saturated rings. The molecule has 0 atom stereocenters. The SMILES string of the molecule is Cn1nccc1CCNS(=O)(=O)c1ccc(CO)o1. The minimum Gasteiger partial charge on any atom is -0.446 e. The second-order valence-corrected chi connectivity index (χ2v) is 5.67. The Labute approximate surface area is 110 Å². The van der Waals surface area contributed by atoms with Crippen LogP contribution in [0.2, 0.25) is 0 Å². The normalized spacial score (nSPS) is 11.9. The van der Waals surface area contributed by atoms with Gasteiger partial charge >= 0.3 is 0 Å². The maximum absolute atomic E-state index is 11.9. The zero-order valence-electron chi connectivity index (χ0n) is 10.4. The molecule has 2 heterocycles. The van der Waals surface area contributed by atoms with Crippen molar-refractivity contribution in [2.24, 2.45) is 7.05 Å². The van der Waals surface area contributed by atoms with Gasteiger partial charge in [-0.1, -0.05) is 0 Å². The van der Waals surface area contributed by atoms with Gasteiger partial charge in [0.25, 0.3) is 10.0 Å². The van der Waals surface area contributed by atoms with Crippen LogP contribution in [0.3, 0.4) is 0 Å². The van der Waals surface area contributed by atoms with E-state index in [0.29, 0.717) is 6.42 Å². The molecule has 2 aromatic rings. The first-order valence-corrected chi connectivity index (χ1v) is 7.17. The van der Waals surface area contributed by atoms with Crippen molar-refractivity contribution in [3.05, 3.63) is 35.9 Å². The van der Waals surface area contributed by atoms with Crippen LogP contribution in [0.4, 0.5) is 0 Å². The molecule has 0 saturated carbocycles. The predicted octanol–water partition coefficient (Wildman–Crippen LogP) is 0.0264. The van der Waals surface area contributed by atoms with E-state index in [2.05, 4.69) is 9.82 Å². The summed E-state index contributed by atoms with van der Waals surface area (Å²) in [6, 6.07) is 4.57. The first-order valence-electron chi connectivity index (χ1n) is 5.69. The number of aromatic nitrogens is 2. The molecule has 19 heavy (non-hydrogen) atoms. The molecule has 8 heteroatoms. The lowest BCUT2D eigenvalue weighted by Gasteiger charge is -2.04. The summed E-state index contributed by atoms with van der Waals surface area (Å²) in [4.78, 5) is 0. The molecule has 0 aromatic carbocycles. The topological polar surface area (TPSA) is 97.4 Å². The fraction of sp³-hybridized carbons (Fsp3) is 0.364. The molecule has 2 rings (SSSR count). The van der Waals surface area contributed by atoms with Crippen LogP contribution in [0.5, 0.6) is 0 Å². The zero-order valence-corrected chi connectivity index (χ0v) is 11.2. The van der Waals surface area contributed by atoms with Gasteiger partial charge in [-0.3, -0.25) is 4.68 Å². The molecule has 104 valence electrons. The van der Waals surface area contributed by atoms with Gasteiger partial charge < -0.3 is 9.52 Å². The van der Waals surface area contributed by atoms with Crippen LogP contribution in [0.1, 0.15) is 11.5 Å². The van der Waals surface area contributed by atoms with E-state index < -0.39 is 10.0 Å². The Morgan fingerprint density at radius 1 is 1.42 bits per heavy atom. The third-order valence-corrected chi connectivity index (χ3v) is 3.99. The average molecular weight is 285 g/mol. The van der Waals surface area contributed by atoms with E-state index in [-0.39, 0.29) is 24.0 Å². The summed E-state index contributed by atoms with van der Waals surface area (Å²) in [5.74, 6) is 0.215. The summed E-state index contributed by atoms with van der Waals surface area (Å²) in [6.07, 6.45) is 2.19. The third kappa shape index (κ3) is 3.22. The zero-order chi connectivity index (χ0) is 13.9. The molecule has 0 bridgehead atoms. The first-order chi connectivity index (χ1) is 9.03. The number of nitrogens with one attached hydrogen (secondary N) is 1. The first kappa shape index (κ1) is 13.8. The maximum atomic E-state index is 11.9. The van der Waals surface area contributed by atoms with E-state index in [1.165, 1.54) is 12.1 Å². The number of aliphatic hydroxyl groups excluding tert-OH is 1. The van der Waals surface area contributed by atoms with Gasteiger partial charge in [-0.05, 0) is 18.2 Å². The quantitative estimate of drug-likeness (QED) is 0.780. The van der Waals surface area contributed by atoms with Crippen molar-refractivity contribution in [1.29, 1.82) is 0 Å². The molecule has 2 N–H and O–H groups in total. The molecule has 0 aliphatic carbocycles. The van der Waals surface area contributed by atoms with Crippen molar-refractivity contribution in [1.82, 2.24) is 14.5 Å². The Hall–Kier alpha value is -1.64. The van der Waals surface area contributed by atoms with Crippen LogP contribution < -0.4 is 4.72 Å². The average Bonchev–Trinajstić information content (AvgIpc) is 2.99. The van der Waals surface area contributed by atoms with Gasteiger partial charge in [0, 0.05) is 31.9 Å². The summed E-state index contributed by atoms with van der Waals surface area (Å²) < 4.78 is 32.8. The Kier molecular flexibility index (Phi) is 4.03. The lowest BCUT2D eigenvalue weighted by Crippen LogP contribution is -2.26. The van der Waals surface area contributed by atoms with Gasteiger partial charge in [-0.2, -0.15) is 5.10 Å². The van der Waals surface area contributed by atoms with E-state index in [9.17, 15) is 8.42 Å². The molecule has 7 nitrogen and oxygen atoms in total. The smallest absolute Gasteiger partial charge is 0.273 e. The van der Waals surface area contributed by atoms with Gasteiger partial charge in [0.05, 0.1) is 0 Å². The van der Waals surface area contributed by atoms with Gasteiger partial charge in [0.1, 0.15) is 12.4 Å². The van der Waals surface area contributed by atoms with Gasteiger partial charge in [-0.25, -0.2) is 13.1 Å². The Balaban J connectivity index is 1.96. The highest BCUT2D eigenvalue weighted by atomic mass is 32.2. The Morgan fingerprint density at radius 3 is 2.79 bits per heavy atom. The fourth-order valence-corrected chi connectivity index (χ4v) is 2.60. The summed E-state index contributed by atoms with van der Waals surface area (Å²) in [6.45, 7) is -0.0818. The number of hydrogen-bond acceptors (Lipinski definition) is 5.